The van der Waals surface area contributed by atoms with E-state index in [0.717, 1.165) is 16.7 Å². The van der Waals surface area contributed by atoms with Crippen LogP contribution in [0.4, 0.5) is 5.69 Å². The fourth-order valence-corrected chi connectivity index (χ4v) is 2.42. The largest absolute Gasteiger partial charge is 0.481 e. The first-order valence-electron chi connectivity index (χ1n) is 5.98. The Hall–Kier alpha value is -1.07. The maximum atomic E-state index is 10.7. The van der Waals surface area contributed by atoms with Crippen molar-refractivity contribution in [2.45, 2.75) is 18.9 Å². The topological polar surface area (TPSA) is 49.8 Å². The highest BCUT2D eigenvalue weighted by Crippen LogP contribution is 2.24. The number of carboxylic acids is 1. The molecule has 0 saturated carbocycles. The summed E-state index contributed by atoms with van der Waals surface area (Å²) in [6.45, 7) is 2.11. The molecule has 0 amide bonds. The molecule has 1 aliphatic rings. The minimum absolute atomic E-state index is 0.149. The van der Waals surface area contributed by atoms with Gasteiger partial charge < -0.3 is 14.7 Å². The van der Waals surface area contributed by atoms with Gasteiger partial charge >= 0.3 is 5.97 Å². The van der Waals surface area contributed by atoms with Gasteiger partial charge in [0.1, 0.15) is 0 Å². The molecule has 1 unspecified atom stereocenters. The average molecular weight is 314 g/mol. The Balaban J connectivity index is 2.07. The highest BCUT2D eigenvalue weighted by Gasteiger charge is 2.23. The molecule has 18 heavy (non-hydrogen) atoms. The molecule has 4 nitrogen and oxygen atoms in total. The molecule has 1 aromatic carbocycles. The summed E-state index contributed by atoms with van der Waals surface area (Å²) in [6, 6.07) is 8.24. The third-order valence-corrected chi connectivity index (χ3v) is 3.61. The summed E-state index contributed by atoms with van der Waals surface area (Å²) in [5, 5.41) is 8.77. The maximum Gasteiger partial charge on any atom is 0.303 e. The van der Waals surface area contributed by atoms with E-state index in [1.807, 2.05) is 24.3 Å². The van der Waals surface area contributed by atoms with Crippen molar-refractivity contribution in [1.82, 2.24) is 0 Å². The van der Waals surface area contributed by atoms with Gasteiger partial charge in [0.15, 0.2) is 0 Å². The molecule has 0 radical (unpaired) electrons. The number of carbonyl (C=O) groups is 1. The first-order chi connectivity index (χ1) is 8.66. The molecule has 1 atom stereocenters. The lowest BCUT2D eigenvalue weighted by molar-refractivity contribution is -0.137. The molecular weight excluding hydrogens is 298 g/mol. The van der Waals surface area contributed by atoms with Crippen molar-refractivity contribution in [2.75, 3.05) is 24.7 Å². The summed E-state index contributed by atoms with van der Waals surface area (Å²) >= 11 is 3.41. The molecule has 0 aliphatic carbocycles. The van der Waals surface area contributed by atoms with Crippen LogP contribution in [0.25, 0.3) is 0 Å². The molecule has 0 bridgehead atoms. The Kier molecular flexibility index (Phi) is 4.60. The standard InChI is InChI=1S/C13H16BrNO3/c14-10-1-3-11(4-2-10)15-7-8-18-9-12(15)5-6-13(16)17/h1-4,12H,5-9H2,(H,16,17). The minimum atomic E-state index is -0.753. The number of anilines is 1. The van der Waals surface area contributed by atoms with Crippen LogP contribution in [-0.2, 0) is 9.53 Å². The summed E-state index contributed by atoms with van der Waals surface area (Å²) in [5.74, 6) is -0.753. The SMILES string of the molecule is O=C(O)CCC1COCCN1c1ccc(Br)cc1. The van der Waals surface area contributed by atoms with Crippen LogP contribution in [-0.4, -0.2) is 36.9 Å². The van der Waals surface area contributed by atoms with Crippen molar-refractivity contribution < 1.29 is 14.6 Å². The summed E-state index contributed by atoms with van der Waals surface area (Å²) in [4.78, 5) is 12.9. The lowest BCUT2D eigenvalue weighted by Crippen LogP contribution is -2.45. The highest BCUT2D eigenvalue weighted by atomic mass is 79.9. The first kappa shape index (κ1) is 13.4. The number of halogens is 1. The fourth-order valence-electron chi connectivity index (χ4n) is 2.16. The zero-order valence-electron chi connectivity index (χ0n) is 10.0. The molecule has 0 spiro atoms. The van der Waals surface area contributed by atoms with Crippen LogP contribution in [0.1, 0.15) is 12.8 Å². The van der Waals surface area contributed by atoms with Gasteiger partial charge in [0.25, 0.3) is 0 Å². The van der Waals surface area contributed by atoms with Gasteiger partial charge in [-0.1, -0.05) is 15.9 Å². The zero-order valence-corrected chi connectivity index (χ0v) is 11.6. The first-order valence-corrected chi connectivity index (χ1v) is 6.78. The molecule has 1 fully saturated rings. The van der Waals surface area contributed by atoms with Crippen LogP contribution in [0.2, 0.25) is 0 Å². The molecule has 5 heteroatoms. The number of carboxylic acid groups (broad SMARTS) is 1. The van der Waals surface area contributed by atoms with Crippen LogP contribution in [0.15, 0.2) is 28.7 Å². The Morgan fingerprint density at radius 3 is 2.83 bits per heavy atom. The molecule has 0 aromatic heterocycles. The molecule has 1 heterocycles. The second kappa shape index (κ2) is 6.20. The van der Waals surface area contributed by atoms with E-state index in [1.165, 1.54) is 0 Å². The van der Waals surface area contributed by atoms with E-state index < -0.39 is 5.97 Å². The van der Waals surface area contributed by atoms with E-state index in [-0.39, 0.29) is 12.5 Å². The quantitative estimate of drug-likeness (QED) is 0.928. The second-order valence-electron chi connectivity index (χ2n) is 4.33. The van der Waals surface area contributed by atoms with E-state index >= 15 is 0 Å². The highest BCUT2D eigenvalue weighted by molar-refractivity contribution is 9.10. The monoisotopic (exact) mass is 313 g/mol. The van der Waals surface area contributed by atoms with E-state index in [4.69, 9.17) is 9.84 Å². The van der Waals surface area contributed by atoms with Crippen molar-refractivity contribution in [3.05, 3.63) is 28.7 Å². The molecule has 1 N–H and O–H groups in total. The molecule has 98 valence electrons. The van der Waals surface area contributed by atoms with Crippen LogP contribution >= 0.6 is 15.9 Å². The van der Waals surface area contributed by atoms with Crippen molar-refractivity contribution in [1.29, 1.82) is 0 Å². The predicted octanol–water partition coefficient (Wildman–Crippen LogP) is 2.52. The number of aliphatic carboxylic acids is 1. The van der Waals surface area contributed by atoms with Crippen LogP contribution < -0.4 is 4.90 Å². The van der Waals surface area contributed by atoms with Crippen LogP contribution in [0.5, 0.6) is 0 Å². The van der Waals surface area contributed by atoms with Crippen molar-refractivity contribution in [2.24, 2.45) is 0 Å². The van der Waals surface area contributed by atoms with Gasteiger partial charge in [0.05, 0.1) is 19.3 Å². The number of hydrogen-bond acceptors (Lipinski definition) is 3. The zero-order chi connectivity index (χ0) is 13.0. The Bertz CT molecular complexity index is 407. The van der Waals surface area contributed by atoms with Crippen LogP contribution in [0, 0.1) is 0 Å². The molecule has 1 aromatic rings. The number of hydrogen-bond donors (Lipinski definition) is 1. The van der Waals surface area contributed by atoms with Crippen molar-refractivity contribution >= 4 is 27.6 Å². The lowest BCUT2D eigenvalue weighted by atomic mass is 10.1. The van der Waals surface area contributed by atoms with Gasteiger partial charge in [0, 0.05) is 23.1 Å². The molecule has 2 rings (SSSR count). The third-order valence-electron chi connectivity index (χ3n) is 3.08. The van der Waals surface area contributed by atoms with E-state index in [0.29, 0.717) is 19.6 Å². The Morgan fingerprint density at radius 1 is 1.44 bits per heavy atom. The van der Waals surface area contributed by atoms with Crippen LogP contribution in [0.3, 0.4) is 0 Å². The molecular formula is C13H16BrNO3. The van der Waals surface area contributed by atoms with Gasteiger partial charge in [-0.05, 0) is 30.7 Å². The summed E-state index contributed by atoms with van der Waals surface area (Å²) in [6.07, 6.45) is 0.798. The van der Waals surface area contributed by atoms with E-state index in [1.54, 1.807) is 0 Å². The number of morpholine rings is 1. The van der Waals surface area contributed by atoms with Gasteiger partial charge in [-0.3, -0.25) is 4.79 Å². The van der Waals surface area contributed by atoms with Crippen molar-refractivity contribution in [3.63, 3.8) is 0 Å². The fraction of sp³-hybridized carbons (Fsp3) is 0.462. The summed E-state index contributed by atoms with van der Waals surface area (Å²) in [5.41, 5.74) is 1.12. The summed E-state index contributed by atoms with van der Waals surface area (Å²) < 4.78 is 6.49. The lowest BCUT2D eigenvalue weighted by Gasteiger charge is -2.37. The third kappa shape index (κ3) is 3.46. The smallest absolute Gasteiger partial charge is 0.303 e. The predicted molar refractivity (Wildman–Crippen MR) is 73.0 cm³/mol. The minimum Gasteiger partial charge on any atom is -0.481 e. The van der Waals surface area contributed by atoms with E-state index in [9.17, 15) is 4.79 Å². The van der Waals surface area contributed by atoms with E-state index in [2.05, 4.69) is 20.8 Å². The Morgan fingerprint density at radius 2 is 2.17 bits per heavy atom. The maximum absolute atomic E-state index is 10.7. The Labute approximate surface area is 115 Å². The number of nitrogens with zero attached hydrogens (tertiary/aromatic N) is 1. The normalized spacial score (nSPS) is 19.8. The van der Waals surface area contributed by atoms with Gasteiger partial charge in [0.2, 0.25) is 0 Å². The number of ether oxygens (including phenoxy) is 1. The number of benzene rings is 1. The van der Waals surface area contributed by atoms with Gasteiger partial charge in [-0.2, -0.15) is 0 Å². The van der Waals surface area contributed by atoms with Gasteiger partial charge in [-0.15, -0.1) is 0 Å². The average Bonchev–Trinajstić information content (AvgIpc) is 2.38. The number of rotatable bonds is 4. The second-order valence-corrected chi connectivity index (χ2v) is 5.25. The van der Waals surface area contributed by atoms with Gasteiger partial charge in [-0.25, -0.2) is 0 Å². The van der Waals surface area contributed by atoms with Crippen molar-refractivity contribution in [3.8, 4) is 0 Å². The summed E-state index contributed by atoms with van der Waals surface area (Å²) in [7, 11) is 0. The molecule has 1 saturated heterocycles. The molecule has 1 aliphatic heterocycles.